The minimum Gasteiger partial charge on any atom is -0.468 e. The number of hydrogen-bond acceptors (Lipinski definition) is 4. The van der Waals surface area contributed by atoms with E-state index in [-0.39, 0.29) is 6.42 Å². The lowest BCUT2D eigenvalue weighted by Gasteiger charge is -2.24. The Labute approximate surface area is 95.2 Å². The van der Waals surface area contributed by atoms with Crippen LogP contribution in [-0.4, -0.2) is 26.2 Å². The van der Waals surface area contributed by atoms with Crippen LogP contribution in [0, 0.1) is 5.41 Å². The first-order chi connectivity index (χ1) is 7.48. The molecule has 0 rings (SSSR count). The second kappa shape index (κ2) is 5.90. The lowest BCUT2D eigenvalue weighted by Crippen LogP contribution is -2.39. The Bertz CT molecular complexity index is 312. The van der Waals surface area contributed by atoms with E-state index in [9.17, 15) is 9.59 Å². The summed E-state index contributed by atoms with van der Waals surface area (Å²) in [4.78, 5) is 23.3. The van der Waals surface area contributed by atoms with Crippen molar-refractivity contribution in [2.45, 2.75) is 6.42 Å². The van der Waals surface area contributed by atoms with Gasteiger partial charge in [-0.3, -0.25) is 9.59 Å². The van der Waals surface area contributed by atoms with E-state index in [0.29, 0.717) is 5.57 Å². The van der Waals surface area contributed by atoms with Gasteiger partial charge in [0.15, 0.2) is 5.41 Å². The Morgan fingerprint density at radius 2 is 1.62 bits per heavy atom. The van der Waals surface area contributed by atoms with Gasteiger partial charge in [-0.15, -0.1) is 6.58 Å². The van der Waals surface area contributed by atoms with Gasteiger partial charge >= 0.3 is 11.9 Å². The number of carbonyl (C=O) groups is 2. The van der Waals surface area contributed by atoms with Crippen LogP contribution >= 0.6 is 0 Å². The predicted molar refractivity (Wildman–Crippen MR) is 60.6 cm³/mol. The molecule has 0 atom stereocenters. The average molecular weight is 224 g/mol. The summed E-state index contributed by atoms with van der Waals surface area (Å²) in [7, 11) is 2.39. The van der Waals surface area contributed by atoms with Crippen LogP contribution in [0.3, 0.4) is 0 Å². The van der Waals surface area contributed by atoms with Gasteiger partial charge in [-0.05, 0) is 0 Å². The Balaban J connectivity index is 5.36. The van der Waals surface area contributed by atoms with Crippen LogP contribution in [0.25, 0.3) is 0 Å². The first kappa shape index (κ1) is 14.2. The fourth-order valence-electron chi connectivity index (χ4n) is 1.26. The Hall–Kier alpha value is -1.84. The molecule has 16 heavy (non-hydrogen) atoms. The van der Waals surface area contributed by atoms with Gasteiger partial charge in [-0.1, -0.05) is 30.9 Å². The molecule has 0 aliphatic rings. The van der Waals surface area contributed by atoms with Gasteiger partial charge in [0.05, 0.1) is 14.2 Å². The fraction of sp³-hybridized carbons (Fsp3) is 0.333. The molecule has 0 aromatic rings. The third kappa shape index (κ3) is 2.59. The molecule has 4 heteroatoms. The van der Waals surface area contributed by atoms with Crippen LogP contribution in [0.5, 0.6) is 0 Å². The summed E-state index contributed by atoms with van der Waals surface area (Å²) in [6.45, 7) is 10.7. The smallest absolute Gasteiger partial charge is 0.327 e. The summed E-state index contributed by atoms with van der Waals surface area (Å²) in [5.41, 5.74) is -1.02. The molecule has 0 unspecified atom stereocenters. The average Bonchev–Trinajstić information content (AvgIpc) is 2.33. The molecule has 4 nitrogen and oxygen atoms in total. The van der Waals surface area contributed by atoms with Crippen molar-refractivity contribution < 1.29 is 19.1 Å². The molecule has 0 amide bonds. The van der Waals surface area contributed by atoms with Crippen molar-refractivity contribution in [1.29, 1.82) is 0 Å². The minimum absolute atomic E-state index is 0.0410. The van der Waals surface area contributed by atoms with Crippen LogP contribution in [0.2, 0.25) is 0 Å². The zero-order valence-corrected chi connectivity index (χ0v) is 9.62. The van der Waals surface area contributed by atoms with Crippen molar-refractivity contribution in [2.75, 3.05) is 14.2 Å². The molecule has 0 aliphatic heterocycles. The van der Waals surface area contributed by atoms with Crippen LogP contribution in [0.1, 0.15) is 6.42 Å². The molecule has 0 saturated heterocycles. The van der Waals surface area contributed by atoms with Crippen LogP contribution in [0.15, 0.2) is 37.5 Å². The van der Waals surface area contributed by atoms with Crippen molar-refractivity contribution in [3.63, 3.8) is 0 Å². The van der Waals surface area contributed by atoms with E-state index >= 15 is 0 Å². The van der Waals surface area contributed by atoms with Gasteiger partial charge in [-0.25, -0.2) is 0 Å². The van der Waals surface area contributed by atoms with Crippen molar-refractivity contribution >= 4 is 11.9 Å². The van der Waals surface area contributed by atoms with Gasteiger partial charge in [-0.2, -0.15) is 0 Å². The third-order valence-corrected chi connectivity index (χ3v) is 2.24. The Morgan fingerprint density at radius 3 is 1.88 bits per heavy atom. The van der Waals surface area contributed by atoms with Gasteiger partial charge < -0.3 is 9.47 Å². The molecule has 0 aromatic heterocycles. The van der Waals surface area contributed by atoms with E-state index in [1.54, 1.807) is 0 Å². The lowest BCUT2D eigenvalue weighted by atomic mass is 9.81. The minimum atomic E-state index is -1.55. The monoisotopic (exact) mass is 224 g/mol. The number of allylic oxidation sites excluding steroid dienone is 2. The highest BCUT2D eigenvalue weighted by Crippen LogP contribution is 2.30. The highest BCUT2D eigenvalue weighted by molar-refractivity contribution is 6.02. The summed E-state index contributed by atoms with van der Waals surface area (Å²) >= 11 is 0. The molecular weight excluding hydrogens is 208 g/mol. The van der Waals surface area contributed by atoms with Crippen molar-refractivity contribution in [3.8, 4) is 0 Å². The van der Waals surface area contributed by atoms with Crippen LogP contribution in [-0.2, 0) is 19.1 Å². The Morgan fingerprint density at radius 1 is 1.19 bits per heavy atom. The normalized spacial score (nSPS) is 10.1. The van der Waals surface area contributed by atoms with Gasteiger partial charge in [0.25, 0.3) is 0 Å². The molecular formula is C12H16O4. The van der Waals surface area contributed by atoms with E-state index in [0.717, 1.165) is 0 Å². The fourth-order valence-corrected chi connectivity index (χ4v) is 1.26. The third-order valence-electron chi connectivity index (χ3n) is 2.24. The van der Waals surface area contributed by atoms with Crippen molar-refractivity contribution in [1.82, 2.24) is 0 Å². The summed E-state index contributed by atoms with van der Waals surface area (Å²) in [5.74, 6) is -1.45. The predicted octanol–water partition coefficient (Wildman–Crippen LogP) is 1.64. The quantitative estimate of drug-likeness (QED) is 0.298. The maximum absolute atomic E-state index is 11.6. The molecule has 0 radical (unpaired) electrons. The maximum Gasteiger partial charge on any atom is 0.327 e. The van der Waals surface area contributed by atoms with E-state index in [1.165, 1.54) is 26.4 Å². The first-order valence-electron chi connectivity index (χ1n) is 4.59. The second-order valence-corrected chi connectivity index (χ2v) is 3.20. The molecule has 0 aromatic carbocycles. The Kier molecular flexibility index (Phi) is 5.22. The van der Waals surface area contributed by atoms with Crippen molar-refractivity contribution in [2.24, 2.45) is 5.41 Å². The summed E-state index contributed by atoms with van der Waals surface area (Å²) in [5, 5.41) is 0. The number of esters is 2. The van der Waals surface area contributed by atoms with E-state index in [4.69, 9.17) is 0 Å². The second-order valence-electron chi connectivity index (χ2n) is 3.20. The van der Waals surface area contributed by atoms with E-state index < -0.39 is 17.4 Å². The lowest BCUT2D eigenvalue weighted by molar-refractivity contribution is -0.164. The van der Waals surface area contributed by atoms with Crippen LogP contribution in [0.4, 0.5) is 0 Å². The first-order valence-corrected chi connectivity index (χ1v) is 4.59. The molecule has 0 fully saturated rings. The van der Waals surface area contributed by atoms with E-state index in [2.05, 4.69) is 29.2 Å². The number of carbonyl (C=O) groups excluding carboxylic acids is 2. The van der Waals surface area contributed by atoms with Gasteiger partial charge in [0.1, 0.15) is 0 Å². The maximum atomic E-state index is 11.6. The number of ether oxygens (including phenoxy) is 2. The molecule has 0 heterocycles. The molecule has 0 aliphatic carbocycles. The van der Waals surface area contributed by atoms with E-state index in [1.807, 2.05) is 0 Å². The highest BCUT2D eigenvalue weighted by atomic mass is 16.5. The van der Waals surface area contributed by atoms with Gasteiger partial charge in [0, 0.05) is 6.42 Å². The topological polar surface area (TPSA) is 52.6 Å². The molecule has 0 N–H and O–H groups in total. The molecule has 0 spiro atoms. The summed E-state index contributed by atoms with van der Waals surface area (Å²) < 4.78 is 9.18. The largest absolute Gasteiger partial charge is 0.468 e. The highest BCUT2D eigenvalue weighted by Gasteiger charge is 2.45. The summed E-state index contributed by atoms with van der Waals surface area (Å²) in [6, 6.07) is 0. The number of hydrogen-bond donors (Lipinski definition) is 0. The standard InChI is InChI=1S/C12H16O4/c1-6-9(3)8-12(7-2,10(13)15-4)11(14)16-5/h6-7H,1-3,8H2,4-5H3. The zero-order valence-electron chi connectivity index (χ0n) is 9.62. The SMILES string of the molecule is C=CC(=C)CC(C=C)(C(=O)OC)C(=O)OC. The number of rotatable bonds is 6. The molecule has 88 valence electrons. The molecule has 0 saturated carbocycles. The number of methoxy groups -OCH3 is 2. The van der Waals surface area contributed by atoms with Crippen molar-refractivity contribution in [3.05, 3.63) is 37.5 Å². The van der Waals surface area contributed by atoms with Gasteiger partial charge in [0.2, 0.25) is 0 Å². The zero-order chi connectivity index (χ0) is 12.8. The van der Waals surface area contributed by atoms with Crippen LogP contribution < -0.4 is 0 Å². The molecule has 0 bridgehead atoms. The summed E-state index contributed by atoms with van der Waals surface area (Å²) in [6.07, 6.45) is 2.71.